The van der Waals surface area contributed by atoms with Gasteiger partial charge in [-0.2, -0.15) is 0 Å². The minimum absolute atomic E-state index is 0.382. The van der Waals surface area contributed by atoms with Crippen LogP contribution in [0.2, 0.25) is 0 Å². The van der Waals surface area contributed by atoms with Crippen molar-refractivity contribution in [1.82, 2.24) is 19.9 Å². The zero-order valence-corrected chi connectivity index (χ0v) is 8.56. The van der Waals surface area contributed by atoms with Gasteiger partial charge in [0.15, 0.2) is 23.0 Å². The van der Waals surface area contributed by atoms with Crippen LogP contribution < -0.4 is 5.73 Å². The summed E-state index contributed by atoms with van der Waals surface area (Å²) >= 11 is 0. The number of H-pyrrole nitrogens is 1. The molecule has 6 heteroatoms. The van der Waals surface area contributed by atoms with Crippen LogP contribution in [0.4, 0.5) is 5.82 Å². The van der Waals surface area contributed by atoms with Crippen molar-refractivity contribution in [3.8, 4) is 11.6 Å². The Balaban J connectivity index is 2.22. The van der Waals surface area contributed by atoms with Gasteiger partial charge in [0.05, 0.1) is 0 Å². The lowest BCUT2D eigenvalue weighted by Crippen LogP contribution is -1.91. The molecular formula is C10H9N5O. The summed E-state index contributed by atoms with van der Waals surface area (Å²) in [5.41, 5.74) is 6.87. The molecule has 3 aromatic heterocycles. The molecular weight excluding hydrogens is 206 g/mol. The first kappa shape index (κ1) is 8.90. The fourth-order valence-corrected chi connectivity index (χ4v) is 1.52. The van der Waals surface area contributed by atoms with Crippen LogP contribution in [0.15, 0.2) is 22.9 Å². The molecule has 0 amide bonds. The van der Waals surface area contributed by atoms with E-state index in [1.165, 1.54) is 6.33 Å². The average Bonchev–Trinajstić information content (AvgIpc) is 2.84. The Hall–Kier alpha value is -2.37. The Labute approximate surface area is 90.5 Å². The Morgan fingerprint density at radius 1 is 1.31 bits per heavy atom. The van der Waals surface area contributed by atoms with Crippen LogP contribution in [0.3, 0.4) is 0 Å². The normalized spacial score (nSPS) is 11.1. The summed E-state index contributed by atoms with van der Waals surface area (Å²) in [5.74, 6) is 2.48. The Morgan fingerprint density at radius 2 is 2.19 bits per heavy atom. The number of hydrogen-bond donors (Lipinski definition) is 2. The second-order valence-corrected chi connectivity index (χ2v) is 3.45. The lowest BCUT2D eigenvalue weighted by atomic mass is 10.4. The number of anilines is 1. The smallest absolute Gasteiger partial charge is 0.183 e. The van der Waals surface area contributed by atoms with E-state index in [4.69, 9.17) is 10.2 Å². The lowest BCUT2D eigenvalue weighted by Gasteiger charge is -1.90. The molecule has 3 heterocycles. The van der Waals surface area contributed by atoms with Gasteiger partial charge in [0.2, 0.25) is 0 Å². The Bertz CT molecular complexity index is 654. The minimum Gasteiger partial charge on any atom is -0.458 e. The largest absolute Gasteiger partial charge is 0.458 e. The number of fused-ring (bicyclic) bond motifs is 1. The quantitative estimate of drug-likeness (QED) is 0.641. The van der Waals surface area contributed by atoms with Crippen molar-refractivity contribution in [1.29, 1.82) is 0 Å². The minimum atomic E-state index is 0.382. The van der Waals surface area contributed by atoms with Crippen LogP contribution >= 0.6 is 0 Å². The van der Waals surface area contributed by atoms with Crippen LogP contribution in [0.1, 0.15) is 5.76 Å². The van der Waals surface area contributed by atoms with Crippen LogP contribution in [-0.4, -0.2) is 19.9 Å². The first-order valence-electron chi connectivity index (χ1n) is 4.77. The highest BCUT2D eigenvalue weighted by Gasteiger charge is 2.11. The first-order valence-corrected chi connectivity index (χ1v) is 4.77. The summed E-state index contributed by atoms with van der Waals surface area (Å²) in [6.45, 7) is 1.88. The van der Waals surface area contributed by atoms with Crippen LogP contribution in [0.5, 0.6) is 0 Å². The number of aryl methyl sites for hydroxylation is 1. The number of imidazole rings is 1. The van der Waals surface area contributed by atoms with Crippen LogP contribution in [0.25, 0.3) is 22.7 Å². The summed E-state index contributed by atoms with van der Waals surface area (Å²) in [6.07, 6.45) is 1.38. The summed E-state index contributed by atoms with van der Waals surface area (Å²) in [5, 5.41) is 0. The number of furan rings is 1. The molecule has 6 nitrogen and oxygen atoms in total. The number of aromatic nitrogens is 4. The molecule has 3 rings (SSSR count). The van der Waals surface area contributed by atoms with E-state index in [1.54, 1.807) is 0 Å². The van der Waals surface area contributed by atoms with Crippen LogP contribution in [-0.2, 0) is 0 Å². The van der Waals surface area contributed by atoms with E-state index in [0.29, 0.717) is 28.6 Å². The van der Waals surface area contributed by atoms with Gasteiger partial charge in [-0.3, -0.25) is 0 Å². The standard InChI is InChI=1S/C10H9N5O/c1-5-2-3-6(16-5)9-14-7-8(11)12-4-13-10(7)15-9/h2-4H,1H3,(H3,11,12,13,14,15). The third kappa shape index (κ3) is 1.23. The average molecular weight is 215 g/mol. The third-order valence-electron chi connectivity index (χ3n) is 2.29. The van der Waals surface area contributed by atoms with Crippen molar-refractivity contribution in [2.24, 2.45) is 0 Å². The van der Waals surface area contributed by atoms with E-state index < -0.39 is 0 Å². The van der Waals surface area contributed by atoms with E-state index in [-0.39, 0.29) is 0 Å². The SMILES string of the molecule is Cc1ccc(-c2nc3ncnc(N)c3[nH]2)o1. The molecule has 0 fully saturated rings. The van der Waals surface area contributed by atoms with Gasteiger partial charge in [0.25, 0.3) is 0 Å². The molecule has 0 aliphatic carbocycles. The van der Waals surface area contributed by atoms with Crippen molar-refractivity contribution in [2.75, 3.05) is 5.73 Å². The Kier molecular flexibility index (Phi) is 1.70. The molecule has 0 aromatic carbocycles. The summed E-state index contributed by atoms with van der Waals surface area (Å²) in [4.78, 5) is 15.2. The maximum Gasteiger partial charge on any atom is 0.183 e. The zero-order valence-electron chi connectivity index (χ0n) is 8.56. The molecule has 3 N–H and O–H groups in total. The fourth-order valence-electron chi connectivity index (χ4n) is 1.52. The van der Waals surface area contributed by atoms with Gasteiger partial charge < -0.3 is 15.1 Å². The topological polar surface area (TPSA) is 93.6 Å². The van der Waals surface area contributed by atoms with Crippen molar-refractivity contribution in [2.45, 2.75) is 6.92 Å². The molecule has 0 bridgehead atoms. The summed E-state index contributed by atoms with van der Waals surface area (Å²) in [7, 11) is 0. The number of aromatic amines is 1. The number of nitrogens with two attached hydrogens (primary N) is 1. The predicted octanol–water partition coefficient (Wildman–Crippen LogP) is 1.50. The molecule has 3 aromatic rings. The molecule has 0 unspecified atom stereocenters. The maximum absolute atomic E-state index is 5.70. The fraction of sp³-hybridized carbons (Fsp3) is 0.100. The van der Waals surface area contributed by atoms with Gasteiger partial charge in [0, 0.05) is 0 Å². The number of nitrogen functional groups attached to an aromatic ring is 1. The van der Waals surface area contributed by atoms with Crippen molar-refractivity contribution < 1.29 is 4.42 Å². The second kappa shape index (κ2) is 3.06. The summed E-state index contributed by atoms with van der Waals surface area (Å²) < 4.78 is 5.46. The Morgan fingerprint density at radius 3 is 2.88 bits per heavy atom. The number of hydrogen-bond acceptors (Lipinski definition) is 5. The van der Waals surface area contributed by atoms with Gasteiger partial charge in [0.1, 0.15) is 17.6 Å². The highest BCUT2D eigenvalue weighted by molar-refractivity contribution is 5.83. The van der Waals surface area contributed by atoms with Gasteiger partial charge >= 0.3 is 0 Å². The molecule has 0 saturated heterocycles. The molecule has 80 valence electrons. The number of rotatable bonds is 1. The van der Waals surface area contributed by atoms with E-state index in [1.807, 2.05) is 19.1 Å². The molecule has 0 aliphatic rings. The van der Waals surface area contributed by atoms with E-state index in [0.717, 1.165) is 5.76 Å². The molecule has 0 radical (unpaired) electrons. The van der Waals surface area contributed by atoms with Gasteiger partial charge in [-0.25, -0.2) is 15.0 Å². The second-order valence-electron chi connectivity index (χ2n) is 3.45. The molecule has 16 heavy (non-hydrogen) atoms. The molecule has 0 atom stereocenters. The van der Waals surface area contributed by atoms with Crippen molar-refractivity contribution >= 4 is 17.0 Å². The van der Waals surface area contributed by atoms with Gasteiger partial charge in [-0.1, -0.05) is 0 Å². The molecule has 0 spiro atoms. The lowest BCUT2D eigenvalue weighted by molar-refractivity contribution is 0.545. The van der Waals surface area contributed by atoms with Gasteiger partial charge in [-0.15, -0.1) is 0 Å². The molecule has 0 saturated carbocycles. The first-order chi connectivity index (χ1) is 7.74. The summed E-state index contributed by atoms with van der Waals surface area (Å²) in [6, 6.07) is 3.72. The van der Waals surface area contributed by atoms with E-state index >= 15 is 0 Å². The highest BCUT2D eigenvalue weighted by Crippen LogP contribution is 2.22. The predicted molar refractivity (Wildman–Crippen MR) is 58.5 cm³/mol. The number of nitrogens with zero attached hydrogens (tertiary/aromatic N) is 3. The zero-order chi connectivity index (χ0) is 11.1. The van der Waals surface area contributed by atoms with Crippen molar-refractivity contribution in [3.05, 3.63) is 24.2 Å². The van der Waals surface area contributed by atoms with Gasteiger partial charge in [-0.05, 0) is 19.1 Å². The van der Waals surface area contributed by atoms with Crippen molar-refractivity contribution in [3.63, 3.8) is 0 Å². The highest BCUT2D eigenvalue weighted by atomic mass is 16.3. The maximum atomic E-state index is 5.70. The van der Waals surface area contributed by atoms with E-state index in [9.17, 15) is 0 Å². The number of nitrogens with one attached hydrogen (secondary N) is 1. The van der Waals surface area contributed by atoms with E-state index in [2.05, 4.69) is 19.9 Å². The van der Waals surface area contributed by atoms with Crippen LogP contribution in [0, 0.1) is 6.92 Å². The monoisotopic (exact) mass is 215 g/mol. The third-order valence-corrected chi connectivity index (χ3v) is 2.29. The molecule has 0 aliphatic heterocycles.